The van der Waals surface area contributed by atoms with Gasteiger partial charge >= 0.3 is 5.97 Å². The van der Waals surface area contributed by atoms with E-state index in [1.54, 1.807) is 18.3 Å². The predicted octanol–water partition coefficient (Wildman–Crippen LogP) is 2.06. The second kappa shape index (κ2) is 6.03. The first-order valence-corrected chi connectivity index (χ1v) is 8.00. The van der Waals surface area contributed by atoms with Gasteiger partial charge in [-0.3, -0.25) is 0 Å². The van der Waals surface area contributed by atoms with Crippen LogP contribution in [0, 0.1) is 0 Å². The lowest BCUT2D eigenvalue weighted by atomic mass is 9.92. The van der Waals surface area contributed by atoms with Crippen LogP contribution in [-0.4, -0.2) is 32.6 Å². The second-order valence-corrected chi connectivity index (χ2v) is 5.95. The average molecular weight is 335 g/mol. The Labute approximate surface area is 143 Å². The highest BCUT2D eigenvalue weighted by Crippen LogP contribution is 2.33. The number of benzene rings is 1. The van der Waals surface area contributed by atoms with Crippen LogP contribution in [0.1, 0.15) is 21.5 Å². The number of nitrogens with zero attached hydrogens (tertiary/aromatic N) is 2. The van der Waals surface area contributed by atoms with Crippen LogP contribution >= 0.6 is 0 Å². The van der Waals surface area contributed by atoms with Gasteiger partial charge in [0.25, 0.3) is 0 Å². The summed E-state index contributed by atoms with van der Waals surface area (Å²) in [4.78, 5) is 23.1. The third-order valence-corrected chi connectivity index (χ3v) is 4.41. The number of hydrogen-bond acceptors (Lipinski definition) is 5. The van der Waals surface area contributed by atoms with Gasteiger partial charge in [0, 0.05) is 18.3 Å². The number of hydrogen-bond donors (Lipinski definition) is 4. The van der Waals surface area contributed by atoms with E-state index in [-0.39, 0.29) is 11.5 Å². The summed E-state index contributed by atoms with van der Waals surface area (Å²) in [6, 6.07) is 9.28. The Morgan fingerprint density at radius 3 is 2.96 bits per heavy atom. The lowest BCUT2D eigenvalue weighted by Gasteiger charge is -2.20. The van der Waals surface area contributed by atoms with Crippen molar-refractivity contribution < 1.29 is 9.90 Å². The average Bonchev–Trinajstić information content (AvgIpc) is 3.07. The van der Waals surface area contributed by atoms with Crippen molar-refractivity contribution in [2.45, 2.75) is 13.0 Å². The molecule has 3 aromatic rings. The number of aromatic carboxylic acids is 1. The zero-order valence-corrected chi connectivity index (χ0v) is 13.4. The normalized spacial score (nSPS) is 13.4. The first kappa shape index (κ1) is 15.3. The molecule has 0 spiro atoms. The highest BCUT2D eigenvalue weighted by atomic mass is 16.4. The van der Waals surface area contributed by atoms with Crippen molar-refractivity contribution in [1.82, 2.24) is 20.3 Å². The Morgan fingerprint density at radius 1 is 1.28 bits per heavy atom. The summed E-state index contributed by atoms with van der Waals surface area (Å²) >= 11 is 0. The molecule has 0 atom stereocenters. The van der Waals surface area contributed by atoms with E-state index < -0.39 is 5.97 Å². The number of nitrogens with two attached hydrogens (primary N) is 1. The van der Waals surface area contributed by atoms with Crippen LogP contribution in [0.3, 0.4) is 0 Å². The van der Waals surface area contributed by atoms with Crippen molar-refractivity contribution in [3.8, 4) is 22.6 Å². The molecule has 126 valence electrons. The molecule has 7 heteroatoms. The fraction of sp³-hybridized carbons (Fsp3) is 0.167. The minimum atomic E-state index is -0.980. The number of aromatic nitrogens is 3. The molecule has 0 fully saturated rings. The Balaban J connectivity index is 1.89. The molecule has 1 aliphatic heterocycles. The molecule has 2 aromatic heterocycles. The lowest BCUT2D eigenvalue weighted by molar-refractivity contribution is 0.0698. The molecule has 25 heavy (non-hydrogen) atoms. The number of H-pyrrole nitrogens is 1. The second-order valence-electron chi connectivity index (χ2n) is 5.95. The van der Waals surface area contributed by atoms with Crippen LogP contribution < -0.4 is 11.1 Å². The number of nitrogen functional groups attached to an aromatic ring is 1. The Hall–Kier alpha value is -3.19. The largest absolute Gasteiger partial charge is 0.478 e. The van der Waals surface area contributed by atoms with Crippen molar-refractivity contribution in [2.75, 3.05) is 12.3 Å². The lowest BCUT2D eigenvalue weighted by Crippen LogP contribution is -2.24. The van der Waals surface area contributed by atoms with Crippen LogP contribution in [-0.2, 0) is 13.0 Å². The van der Waals surface area contributed by atoms with Gasteiger partial charge in [-0.05, 0) is 36.2 Å². The van der Waals surface area contributed by atoms with Crippen molar-refractivity contribution in [1.29, 1.82) is 0 Å². The number of aromatic amines is 1. The number of nitrogens with one attached hydrogen (secondary N) is 2. The number of carbonyl (C=O) groups is 1. The van der Waals surface area contributed by atoms with Crippen molar-refractivity contribution in [3.63, 3.8) is 0 Å². The molecule has 7 nitrogen and oxygen atoms in total. The van der Waals surface area contributed by atoms with E-state index in [1.165, 1.54) is 11.1 Å². The molecule has 0 unspecified atom stereocenters. The summed E-state index contributed by atoms with van der Waals surface area (Å²) in [5, 5.41) is 13.0. The molecule has 0 saturated carbocycles. The van der Waals surface area contributed by atoms with Crippen LogP contribution in [0.2, 0.25) is 0 Å². The van der Waals surface area contributed by atoms with E-state index in [4.69, 9.17) is 5.73 Å². The molecular weight excluding hydrogens is 318 g/mol. The number of carboxylic acids is 1. The number of fused-ring (bicyclic) bond motifs is 1. The molecule has 1 aliphatic rings. The summed E-state index contributed by atoms with van der Waals surface area (Å²) in [6.45, 7) is 1.67. The Bertz CT molecular complexity index is 964. The van der Waals surface area contributed by atoms with Gasteiger partial charge in [0.15, 0.2) is 0 Å². The van der Waals surface area contributed by atoms with Crippen molar-refractivity contribution >= 4 is 11.9 Å². The minimum absolute atomic E-state index is 0.147. The maximum Gasteiger partial charge on any atom is 0.337 e. The van der Waals surface area contributed by atoms with Gasteiger partial charge in [-0.15, -0.1) is 0 Å². The smallest absolute Gasteiger partial charge is 0.337 e. The topological polar surface area (TPSA) is 117 Å². The standard InChI is InChI=1S/C18H17N5O2/c19-18-21-7-5-14(23-18)15-8-13(17(24)25)16(22-15)12-3-1-2-10-9-20-6-4-11(10)12/h1-3,5,7-8,20,22H,4,6,9H2,(H,24,25)(H2,19,21,23). The SMILES string of the molecule is Nc1nccc(-c2cc(C(=O)O)c(-c3cccc4c3CCNC4)[nH]2)n1. The van der Waals surface area contributed by atoms with E-state index in [2.05, 4.69) is 26.3 Å². The molecule has 0 bridgehead atoms. The summed E-state index contributed by atoms with van der Waals surface area (Å²) in [5.74, 6) is -0.834. The van der Waals surface area contributed by atoms with Crippen molar-refractivity contribution in [3.05, 3.63) is 53.2 Å². The van der Waals surface area contributed by atoms with Gasteiger partial charge < -0.3 is 21.1 Å². The van der Waals surface area contributed by atoms with Crippen molar-refractivity contribution in [2.24, 2.45) is 0 Å². The first-order valence-electron chi connectivity index (χ1n) is 8.00. The number of carboxylic acid groups (broad SMARTS) is 1. The number of rotatable bonds is 3. The zero-order valence-electron chi connectivity index (χ0n) is 13.4. The minimum Gasteiger partial charge on any atom is -0.478 e. The Morgan fingerprint density at radius 2 is 2.16 bits per heavy atom. The van der Waals surface area contributed by atoms with E-state index in [0.29, 0.717) is 17.1 Å². The maximum atomic E-state index is 11.8. The third kappa shape index (κ3) is 2.74. The van der Waals surface area contributed by atoms with Gasteiger partial charge in [-0.1, -0.05) is 18.2 Å². The molecule has 0 saturated heterocycles. The first-order chi connectivity index (χ1) is 12.1. The molecule has 5 N–H and O–H groups in total. The van der Waals surface area contributed by atoms with E-state index in [1.807, 2.05) is 12.1 Å². The van der Waals surface area contributed by atoms with Gasteiger partial charge in [-0.2, -0.15) is 0 Å². The van der Waals surface area contributed by atoms with Crippen LogP contribution in [0.25, 0.3) is 22.6 Å². The maximum absolute atomic E-state index is 11.8. The molecule has 0 radical (unpaired) electrons. The third-order valence-electron chi connectivity index (χ3n) is 4.41. The summed E-state index contributed by atoms with van der Waals surface area (Å²) < 4.78 is 0. The summed E-state index contributed by atoms with van der Waals surface area (Å²) in [5.41, 5.74) is 10.9. The molecule has 0 aliphatic carbocycles. The van der Waals surface area contributed by atoms with Crippen LogP contribution in [0.15, 0.2) is 36.5 Å². The van der Waals surface area contributed by atoms with Gasteiger partial charge in [0.2, 0.25) is 5.95 Å². The fourth-order valence-electron chi connectivity index (χ4n) is 3.26. The predicted molar refractivity (Wildman–Crippen MR) is 94.0 cm³/mol. The fourth-order valence-corrected chi connectivity index (χ4v) is 3.26. The van der Waals surface area contributed by atoms with E-state index in [0.717, 1.165) is 25.1 Å². The van der Waals surface area contributed by atoms with Crippen LogP contribution in [0.5, 0.6) is 0 Å². The van der Waals surface area contributed by atoms with E-state index >= 15 is 0 Å². The number of anilines is 1. The quantitative estimate of drug-likeness (QED) is 0.582. The molecular formula is C18H17N5O2. The van der Waals surface area contributed by atoms with Gasteiger partial charge in [-0.25, -0.2) is 14.8 Å². The van der Waals surface area contributed by atoms with Gasteiger partial charge in [0.1, 0.15) is 0 Å². The summed E-state index contributed by atoms with van der Waals surface area (Å²) in [6.07, 6.45) is 2.41. The van der Waals surface area contributed by atoms with Crippen LogP contribution in [0.4, 0.5) is 5.95 Å². The monoisotopic (exact) mass is 335 g/mol. The van der Waals surface area contributed by atoms with E-state index in [9.17, 15) is 9.90 Å². The Kier molecular flexibility index (Phi) is 3.70. The molecule has 4 rings (SSSR count). The zero-order chi connectivity index (χ0) is 17.4. The van der Waals surface area contributed by atoms with Gasteiger partial charge in [0.05, 0.1) is 22.6 Å². The molecule has 0 amide bonds. The highest BCUT2D eigenvalue weighted by molar-refractivity contribution is 5.97. The summed E-state index contributed by atoms with van der Waals surface area (Å²) in [7, 11) is 0. The highest BCUT2D eigenvalue weighted by Gasteiger charge is 2.21. The molecule has 3 heterocycles. The molecule has 1 aromatic carbocycles.